The van der Waals surface area contributed by atoms with E-state index in [1.165, 1.54) is 0 Å². The van der Waals surface area contributed by atoms with Gasteiger partial charge >= 0.3 is 6.09 Å². The minimum atomic E-state index is -0.461. The Morgan fingerprint density at radius 2 is 2.08 bits per heavy atom. The maximum absolute atomic E-state index is 12.2. The molecule has 0 bridgehead atoms. The molecule has 1 heterocycles. The SMILES string of the molecule is CC(C)(C)OC(=O)N1CCCC(CN[C@H](CO)c2ccccc2)C1. The van der Waals surface area contributed by atoms with Gasteiger partial charge in [-0.2, -0.15) is 0 Å². The molecule has 0 aliphatic carbocycles. The van der Waals surface area contributed by atoms with Gasteiger partial charge in [-0.3, -0.25) is 0 Å². The van der Waals surface area contributed by atoms with Gasteiger partial charge in [0.15, 0.2) is 0 Å². The molecule has 1 aromatic carbocycles. The number of nitrogens with zero attached hydrogens (tertiary/aromatic N) is 1. The number of carbonyl (C=O) groups excluding carboxylic acids is 1. The van der Waals surface area contributed by atoms with E-state index >= 15 is 0 Å². The number of ether oxygens (including phenoxy) is 1. The number of benzene rings is 1. The lowest BCUT2D eigenvalue weighted by Gasteiger charge is -2.34. The largest absolute Gasteiger partial charge is 0.444 e. The lowest BCUT2D eigenvalue weighted by atomic mass is 9.97. The lowest BCUT2D eigenvalue weighted by Crippen LogP contribution is -2.45. The Balaban J connectivity index is 1.85. The summed E-state index contributed by atoms with van der Waals surface area (Å²) in [5, 5.41) is 13.1. The molecule has 1 amide bonds. The van der Waals surface area contributed by atoms with Crippen molar-refractivity contribution in [3.8, 4) is 0 Å². The van der Waals surface area contributed by atoms with Crippen molar-refractivity contribution >= 4 is 6.09 Å². The van der Waals surface area contributed by atoms with Crippen LogP contribution in [0.4, 0.5) is 4.79 Å². The molecule has 2 atom stereocenters. The zero-order chi connectivity index (χ0) is 17.6. The van der Waals surface area contributed by atoms with Crippen molar-refractivity contribution in [2.75, 3.05) is 26.2 Å². The molecule has 5 heteroatoms. The third-order valence-corrected chi connectivity index (χ3v) is 4.21. The molecule has 134 valence electrons. The summed E-state index contributed by atoms with van der Waals surface area (Å²) in [7, 11) is 0. The Bertz CT molecular complexity index is 513. The van der Waals surface area contributed by atoms with E-state index in [9.17, 15) is 9.90 Å². The minimum Gasteiger partial charge on any atom is -0.444 e. The number of hydrogen-bond acceptors (Lipinski definition) is 4. The topological polar surface area (TPSA) is 61.8 Å². The molecule has 2 rings (SSSR count). The van der Waals surface area contributed by atoms with Gasteiger partial charge in [-0.15, -0.1) is 0 Å². The van der Waals surface area contributed by atoms with Gasteiger partial charge in [0.1, 0.15) is 5.60 Å². The van der Waals surface area contributed by atoms with Crippen LogP contribution in [0.25, 0.3) is 0 Å². The minimum absolute atomic E-state index is 0.0620. The van der Waals surface area contributed by atoms with Gasteiger partial charge in [0.2, 0.25) is 0 Å². The second-order valence-corrected chi connectivity index (χ2v) is 7.49. The molecular formula is C19H30N2O3. The highest BCUT2D eigenvalue weighted by Gasteiger charge is 2.27. The van der Waals surface area contributed by atoms with E-state index in [0.717, 1.165) is 31.5 Å². The van der Waals surface area contributed by atoms with E-state index in [2.05, 4.69) is 5.32 Å². The van der Waals surface area contributed by atoms with Gasteiger partial charge in [-0.05, 0) is 45.1 Å². The van der Waals surface area contributed by atoms with Crippen LogP contribution in [0.3, 0.4) is 0 Å². The first kappa shape index (κ1) is 18.7. The normalized spacial score (nSPS) is 19.8. The molecule has 5 nitrogen and oxygen atoms in total. The Labute approximate surface area is 145 Å². The van der Waals surface area contributed by atoms with Crippen LogP contribution in [0.5, 0.6) is 0 Å². The van der Waals surface area contributed by atoms with Crippen LogP contribution in [0, 0.1) is 5.92 Å². The molecular weight excluding hydrogens is 304 g/mol. The number of aliphatic hydroxyl groups excluding tert-OH is 1. The lowest BCUT2D eigenvalue weighted by molar-refractivity contribution is 0.0164. The van der Waals surface area contributed by atoms with Crippen molar-refractivity contribution in [3.63, 3.8) is 0 Å². The number of likely N-dealkylation sites (tertiary alicyclic amines) is 1. The predicted octanol–water partition coefficient (Wildman–Crippen LogP) is 2.96. The molecule has 0 spiro atoms. The number of nitrogens with one attached hydrogen (secondary N) is 1. The molecule has 1 saturated heterocycles. The molecule has 0 saturated carbocycles. The summed E-state index contributed by atoms with van der Waals surface area (Å²) in [4.78, 5) is 14.0. The quantitative estimate of drug-likeness (QED) is 0.869. The van der Waals surface area contributed by atoms with E-state index in [-0.39, 0.29) is 18.7 Å². The molecule has 1 aromatic rings. The number of rotatable bonds is 5. The third kappa shape index (κ3) is 5.80. The first-order valence-electron chi connectivity index (χ1n) is 8.76. The monoisotopic (exact) mass is 334 g/mol. The highest BCUT2D eigenvalue weighted by Crippen LogP contribution is 2.20. The predicted molar refractivity (Wildman–Crippen MR) is 94.8 cm³/mol. The molecule has 2 N–H and O–H groups in total. The number of piperidine rings is 1. The summed E-state index contributed by atoms with van der Waals surface area (Å²) in [6.07, 6.45) is 1.84. The summed E-state index contributed by atoms with van der Waals surface area (Å²) in [5.74, 6) is 0.379. The fourth-order valence-corrected chi connectivity index (χ4v) is 3.01. The molecule has 0 aromatic heterocycles. The van der Waals surface area contributed by atoms with Crippen LogP contribution in [0.2, 0.25) is 0 Å². The molecule has 1 unspecified atom stereocenters. The van der Waals surface area contributed by atoms with Crippen LogP contribution in [-0.4, -0.2) is 47.9 Å². The Hall–Kier alpha value is -1.59. The summed E-state index contributed by atoms with van der Waals surface area (Å²) in [6.45, 7) is 7.97. The smallest absolute Gasteiger partial charge is 0.410 e. The molecule has 1 aliphatic heterocycles. The maximum atomic E-state index is 12.2. The van der Waals surface area contributed by atoms with Crippen molar-refractivity contribution in [1.29, 1.82) is 0 Å². The molecule has 24 heavy (non-hydrogen) atoms. The molecule has 0 radical (unpaired) electrons. The third-order valence-electron chi connectivity index (χ3n) is 4.21. The zero-order valence-corrected chi connectivity index (χ0v) is 15.0. The van der Waals surface area contributed by atoms with Gasteiger partial charge < -0.3 is 20.1 Å². The standard InChI is InChI=1S/C19H30N2O3/c1-19(2,3)24-18(23)21-11-7-8-15(13-21)12-20-17(14-22)16-9-5-4-6-10-16/h4-6,9-10,15,17,20,22H,7-8,11-14H2,1-3H3/t15?,17-/m1/s1. The van der Waals surface area contributed by atoms with Gasteiger partial charge in [0.25, 0.3) is 0 Å². The second kappa shape index (κ2) is 8.49. The van der Waals surface area contributed by atoms with Gasteiger partial charge in [0, 0.05) is 19.6 Å². The Morgan fingerprint density at radius 1 is 1.38 bits per heavy atom. The van der Waals surface area contributed by atoms with Crippen LogP contribution in [-0.2, 0) is 4.74 Å². The molecule has 1 aliphatic rings. The average molecular weight is 334 g/mol. The van der Waals surface area contributed by atoms with Crippen molar-refractivity contribution in [3.05, 3.63) is 35.9 Å². The van der Waals surface area contributed by atoms with E-state index in [0.29, 0.717) is 12.5 Å². The van der Waals surface area contributed by atoms with Crippen LogP contribution in [0.15, 0.2) is 30.3 Å². The van der Waals surface area contributed by atoms with Crippen molar-refractivity contribution in [2.24, 2.45) is 5.92 Å². The van der Waals surface area contributed by atoms with Gasteiger partial charge in [-0.1, -0.05) is 30.3 Å². The summed E-state index contributed by atoms with van der Waals surface area (Å²) in [5.41, 5.74) is 0.622. The number of amides is 1. The van der Waals surface area contributed by atoms with E-state index in [4.69, 9.17) is 4.74 Å². The van der Waals surface area contributed by atoms with E-state index in [1.54, 1.807) is 4.90 Å². The van der Waals surface area contributed by atoms with E-state index < -0.39 is 5.60 Å². The van der Waals surface area contributed by atoms with Gasteiger partial charge in [0.05, 0.1) is 12.6 Å². The summed E-state index contributed by atoms with van der Waals surface area (Å²) in [6, 6.07) is 9.89. The Morgan fingerprint density at radius 3 is 2.71 bits per heavy atom. The maximum Gasteiger partial charge on any atom is 0.410 e. The number of carbonyl (C=O) groups is 1. The summed E-state index contributed by atoms with van der Waals surface area (Å²) < 4.78 is 5.47. The number of aliphatic hydroxyl groups is 1. The van der Waals surface area contributed by atoms with E-state index in [1.807, 2.05) is 51.1 Å². The first-order valence-corrected chi connectivity index (χ1v) is 8.76. The molecule has 1 fully saturated rings. The van der Waals surface area contributed by atoms with Crippen molar-refractivity contribution < 1.29 is 14.6 Å². The fraction of sp³-hybridized carbons (Fsp3) is 0.632. The highest BCUT2D eigenvalue weighted by molar-refractivity contribution is 5.68. The van der Waals surface area contributed by atoms with Crippen molar-refractivity contribution in [1.82, 2.24) is 10.2 Å². The number of hydrogen-bond donors (Lipinski definition) is 2. The van der Waals surface area contributed by atoms with Crippen LogP contribution in [0.1, 0.15) is 45.2 Å². The highest BCUT2D eigenvalue weighted by atomic mass is 16.6. The van der Waals surface area contributed by atoms with Crippen LogP contribution >= 0.6 is 0 Å². The average Bonchev–Trinajstić information content (AvgIpc) is 2.55. The zero-order valence-electron chi connectivity index (χ0n) is 15.0. The van der Waals surface area contributed by atoms with Crippen molar-refractivity contribution in [2.45, 2.75) is 45.3 Å². The van der Waals surface area contributed by atoms with Crippen LogP contribution < -0.4 is 5.32 Å². The first-order chi connectivity index (χ1) is 11.4. The fourth-order valence-electron chi connectivity index (χ4n) is 3.01. The second-order valence-electron chi connectivity index (χ2n) is 7.49. The van der Waals surface area contributed by atoms with Gasteiger partial charge in [-0.25, -0.2) is 4.79 Å². The Kier molecular flexibility index (Phi) is 6.63. The summed E-state index contributed by atoms with van der Waals surface area (Å²) >= 11 is 0.